The first-order valence-corrected chi connectivity index (χ1v) is 28.6. The lowest BCUT2D eigenvalue weighted by Gasteiger charge is -2.18. The molecular weight excluding hydrogens is 841 g/mol. The molecule has 6 heteroatoms. The predicted molar refractivity (Wildman–Crippen MR) is 293 cm³/mol. The molecule has 0 aliphatic rings. The second-order valence-corrected chi connectivity index (χ2v) is 18.8. The summed E-state index contributed by atoms with van der Waals surface area (Å²) in [5, 5.41) is 0. The maximum atomic E-state index is 12.9. The van der Waals surface area contributed by atoms with Crippen LogP contribution in [0.15, 0.2) is 85.1 Å². The van der Waals surface area contributed by atoms with Crippen LogP contribution in [0.1, 0.15) is 271 Å². The zero-order valence-electron chi connectivity index (χ0n) is 44.6. The molecule has 68 heavy (non-hydrogen) atoms. The van der Waals surface area contributed by atoms with E-state index in [1.165, 1.54) is 109 Å². The summed E-state index contributed by atoms with van der Waals surface area (Å²) in [6.45, 7) is 6.44. The van der Waals surface area contributed by atoms with Crippen molar-refractivity contribution in [2.24, 2.45) is 0 Å². The lowest BCUT2D eigenvalue weighted by atomic mass is 10.1. The highest BCUT2D eigenvalue weighted by molar-refractivity contribution is 5.71. The Morgan fingerprint density at radius 3 is 0.971 bits per heavy atom. The van der Waals surface area contributed by atoms with Crippen LogP contribution >= 0.6 is 0 Å². The lowest BCUT2D eigenvalue weighted by Crippen LogP contribution is -2.30. The molecule has 0 aliphatic carbocycles. The van der Waals surface area contributed by atoms with Crippen molar-refractivity contribution in [1.82, 2.24) is 0 Å². The van der Waals surface area contributed by atoms with Crippen molar-refractivity contribution in [1.29, 1.82) is 0 Å². The molecule has 0 saturated carbocycles. The van der Waals surface area contributed by atoms with E-state index in [0.29, 0.717) is 19.3 Å². The van der Waals surface area contributed by atoms with Crippen LogP contribution in [-0.4, -0.2) is 37.2 Å². The Bertz CT molecular complexity index is 1320. The molecule has 0 heterocycles. The van der Waals surface area contributed by atoms with Gasteiger partial charge < -0.3 is 14.2 Å². The molecule has 0 saturated heterocycles. The molecule has 0 amide bonds. The first kappa shape index (κ1) is 64.6. The van der Waals surface area contributed by atoms with Gasteiger partial charge in [-0.05, 0) is 109 Å². The van der Waals surface area contributed by atoms with Gasteiger partial charge in [-0.25, -0.2) is 0 Å². The Morgan fingerprint density at radius 1 is 0.309 bits per heavy atom. The van der Waals surface area contributed by atoms with E-state index in [1.54, 1.807) is 0 Å². The van der Waals surface area contributed by atoms with Gasteiger partial charge >= 0.3 is 17.9 Å². The van der Waals surface area contributed by atoms with Gasteiger partial charge in [-0.15, -0.1) is 0 Å². The molecule has 0 radical (unpaired) electrons. The quantitative estimate of drug-likeness (QED) is 0.0262. The highest BCUT2D eigenvalue weighted by Crippen LogP contribution is 2.15. The third kappa shape index (κ3) is 53.5. The summed E-state index contributed by atoms with van der Waals surface area (Å²) in [6.07, 6.45) is 72.8. The van der Waals surface area contributed by atoms with Crippen LogP contribution in [0.25, 0.3) is 0 Å². The van der Waals surface area contributed by atoms with E-state index in [9.17, 15) is 14.4 Å². The largest absolute Gasteiger partial charge is 0.462 e. The topological polar surface area (TPSA) is 78.9 Å². The van der Waals surface area contributed by atoms with Crippen molar-refractivity contribution in [2.45, 2.75) is 277 Å². The van der Waals surface area contributed by atoms with Gasteiger partial charge in [-0.3, -0.25) is 14.4 Å². The predicted octanol–water partition coefficient (Wildman–Crippen LogP) is 19.2. The maximum absolute atomic E-state index is 12.9. The minimum Gasteiger partial charge on any atom is -0.462 e. The molecule has 0 N–H and O–H groups in total. The van der Waals surface area contributed by atoms with Gasteiger partial charge in [0.25, 0.3) is 0 Å². The summed E-state index contributed by atoms with van der Waals surface area (Å²) < 4.78 is 16.8. The van der Waals surface area contributed by atoms with Gasteiger partial charge in [0.2, 0.25) is 0 Å². The van der Waals surface area contributed by atoms with Gasteiger partial charge in [0.1, 0.15) is 13.2 Å². The van der Waals surface area contributed by atoms with Crippen LogP contribution in [0, 0.1) is 0 Å². The van der Waals surface area contributed by atoms with Crippen molar-refractivity contribution in [3.8, 4) is 0 Å². The normalized spacial score (nSPS) is 12.7. The average Bonchev–Trinajstić information content (AvgIpc) is 3.34. The number of carbonyl (C=O) groups excluding carboxylic acids is 3. The first-order valence-electron chi connectivity index (χ1n) is 28.6. The van der Waals surface area contributed by atoms with Crippen molar-refractivity contribution in [3.05, 3.63) is 85.1 Å². The van der Waals surface area contributed by atoms with Crippen LogP contribution in [0.5, 0.6) is 0 Å². The van der Waals surface area contributed by atoms with Crippen molar-refractivity contribution in [3.63, 3.8) is 0 Å². The summed E-state index contributed by atoms with van der Waals surface area (Å²) in [4.78, 5) is 38.1. The van der Waals surface area contributed by atoms with E-state index in [4.69, 9.17) is 14.2 Å². The van der Waals surface area contributed by atoms with E-state index in [-0.39, 0.29) is 31.1 Å². The molecule has 0 aliphatic heterocycles. The van der Waals surface area contributed by atoms with E-state index < -0.39 is 6.10 Å². The fraction of sp³-hybridized carbons (Fsp3) is 0.726. The van der Waals surface area contributed by atoms with Crippen LogP contribution in [-0.2, 0) is 28.6 Å². The Balaban J connectivity index is 4.41. The molecule has 0 aromatic rings. The molecular formula is C62H106O6. The Morgan fingerprint density at radius 2 is 0.603 bits per heavy atom. The highest BCUT2D eigenvalue weighted by atomic mass is 16.6. The standard InChI is InChI=1S/C62H106O6/c1-4-7-10-13-16-19-22-25-27-29-31-33-34-37-40-43-46-49-52-55-61(64)67-58-59(57-66-60(63)54-51-48-45-42-39-36-24-21-18-15-12-9-6-3)68-62(65)56-53-50-47-44-41-38-35-32-30-28-26-23-20-17-14-11-8-5-2/h7,10,12,15-16,19,21,24-25,27-28,30-31,33,59H,4-6,8-9,11,13-14,17-18,20,22-23,26,29,32,34-58H2,1-3H3/b10-7-,15-12-,19-16-,24-21-,27-25-,30-28-,33-31-. The SMILES string of the molecule is CC/C=C\C/C=C\C/C=C\C/C=C\CCCCCCCCC(=O)OCC(COC(=O)CCCCCCC/C=C\C/C=C\CCC)OC(=O)CCCCCCCCC/C=C\CCCCCCCCC. The van der Waals surface area contributed by atoms with Crippen LogP contribution in [0.3, 0.4) is 0 Å². The zero-order valence-corrected chi connectivity index (χ0v) is 44.6. The van der Waals surface area contributed by atoms with E-state index in [0.717, 1.165) is 122 Å². The monoisotopic (exact) mass is 947 g/mol. The van der Waals surface area contributed by atoms with Gasteiger partial charge in [0, 0.05) is 19.3 Å². The summed E-state index contributed by atoms with van der Waals surface area (Å²) in [5.41, 5.74) is 0. The molecule has 0 spiro atoms. The third-order valence-electron chi connectivity index (χ3n) is 12.1. The Hall–Kier alpha value is -3.41. The van der Waals surface area contributed by atoms with E-state index >= 15 is 0 Å². The van der Waals surface area contributed by atoms with Gasteiger partial charge in [-0.1, -0.05) is 228 Å². The zero-order chi connectivity index (χ0) is 49.3. The molecule has 1 atom stereocenters. The molecule has 390 valence electrons. The minimum absolute atomic E-state index is 0.0902. The second kappa shape index (κ2) is 56.2. The third-order valence-corrected chi connectivity index (χ3v) is 12.1. The molecule has 0 bridgehead atoms. The average molecular weight is 948 g/mol. The molecule has 1 unspecified atom stereocenters. The van der Waals surface area contributed by atoms with Crippen LogP contribution in [0.2, 0.25) is 0 Å². The highest BCUT2D eigenvalue weighted by Gasteiger charge is 2.19. The Labute approximate surface area is 420 Å². The fourth-order valence-corrected chi connectivity index (χ4v) is 7.82. The van der Waals surface area contributed by atoms with Crippen molar-refractivity contribution >= 4 is 17.9 Å². The maximum Gasteiger partial charge on any atom is 0.306 e. The van der Waals surface area contributed by atoms with Gasteiger partial charge in [0.05, 0.1) is 0 Å². The molecule has 0 fully saturated rings. The number of unbranched alkanes of at least 4 members (excludes halogenated alkanes) is 26. The number of hydrogen-bond donors (Lipinski definition) is 0. The molecule has 0 aromatic heterocycles. The molecule has 6 nitrogen and oxygen atoms in total. The van der Waals surface area contributed by atoms with E-state index in [2.05, 4.69) is 106 Å². The summed E-state index contributed by atoms with van der Waals surface area (Å²) >= 11 is 0. The number of hydrogen-bond acceptors (Lipinski definition) is 6. The number of allylic oxidation sites excluding steroid dienone is 14. The van der Waals surface area contributed by atoms with Crippen molar-refractivity contribution < 1.29 is 28.6 Å². The number of esters is 3. The second-order valence-electron chi connectivity index (χ2n) is 18.8. The van der Waals surface area contributed by atoms with Gasteiger partial charge in [0.15, 0.2) is 6.10 Å². The number of rotatable bonds is 51. The van der Waals surface area contributed by atoms with Crippen LogP contribution < -0.4 is 0 Å². The number of ether oxygens (including phenoxy) is 3. The summed E-state index contributed by atoms with van der Waals surface area (Å²) in [6, 6.07) is 0. The van der Waals surface area contributed by atoms with Crippen molar-refractivity contribution in [2.75, 3.05) is 13.2 Å². The molecule has 0 aromatic carbocycles. The fourth-order valence-electron chi connectivity index (χ4n) is 7.82. The smallest absolute Gasteiger partial charge is 0.306 e. The molecule has 0 rings (SSSR count). The minimum atomic E-state index is -0.791. The number of carbonyl (C=O) groups is 3. The van der Waals surface area contributed by atoms with E-state index in [1.807, 2.05) is 0 Å². The van der Waals surface area contributed by atoms with Crippen LogP contribution in [0.4, 0.5) is 0 Å². The summed E-state index contributed by atoms with van der Waals surface area (Å²) in [5.74, 6) is -0.917. The lowest BCUT2D eigenvalue weighted by molar-refractivity contribution is -0.167. The Kier molecular flexibility index (Phi) is 53.4. The summed E-state index contributed by atoms with van der Waals surface area (Å²) in [7, 11) is 0. The first-order chi connectivity index (χ1) is 33.5. The van der Waals surface area contributed by atoms with Gasteiger partial charge in [-0.2, -0.15) is 0 Å².